The minimum atomic E-state index is -0.332. The number of rotatable bonds is 5. The average molecular weight is 421 g/mol. The van der Waals surface area contributed by atoms with Gasteiger partial charge in [-0.2, -0.15) is 0 Å². The lowest BCUT2D eigenvalue weighted by Crippen LogP contribution is -2.23. The maximum absolute atomic E-state index is 2.40. The summed E-state index contributed by atoms with van der Waals surface area (Å²) in [6.07, 6.45) is 6.90. The van der Waals surface area contributed by atoms with Crippen molar-refractivity contribution in [3.63, 3.8) is 0 Å². The molecule has 1 fully saturated rings. The van der Waals surface area contributed by atoms with E-state index in [1.807, 2.05) is 0 Å². The molecule has 5 rings (SSSR count). The second-order valence-corrected chi connectivity index (χ2v) is 11.0. The summed E-state index contributed by atoms with van der Waals surface area (Å²) in [5, 5.41) is 3.04. The highest BCUT2D eigenvalue weighted by Crippen LogP contribution is 2.46. The van der Waals surface area contributed by atoms with Crippen LogP contribution in [0.2, 0.25) is 0 Å². The van der Waals surface area contributed by atoms with Crippen molar-refractivity contribution >= 4 is 18.5 Å². The largest absolute Gasteiger partial charge is 0.0622 e. The van der Waals surface area contributed by atoms with Gasteiger partial charge in [-0.15, -0.1) is 0 Å². The van der Waals surface area contributed by atoms with Gasteiger partial charge in [-0.05, 0) is 59.3 Å². The summed E-state index contributed by atoms with van der Waals surface area (Å²) in [7, 11) is -0.332. The quantitative estimate of drug-likeness (QED) is 0.289. The molecule has 0 radical (unpaired) electrons. The molecule has 0 amide bonds. The van der Waals surface area contributed by atoms with Gasteiger partial charge >= 0.3 is 0 Å². The van der Waals surface area contributed by atoms with Crippen molar-refractivity contribution in [2.24, 2.45) is 0 Å². The molecule has 1 aliphatic rings. The Labute approximate surface area is 187 Å². The van der Waals surface area contributed by atoms with Crippen molar-refractivity contribution in [1.82, 2.24) is 0 Å². The highest BCUT2D eigenvalue weighted by Gasteiger charge is 2.26. The van der Waals surface area contributed by atoms with Crippen LogP contribution in [0.3, 0.4) is 0 Å². The minimum Gasteiger partial charge on any atom is -0.0622 e. The summed E-state index contributed by atoms with van der Waals surface area (Å²) < 4.78 is 0. The highest BCUT2D eigenvalue weighted by atomic mass is 31.1. The molecule has 0 aromatic heterocycles. The lowest BCUT2D eigenvalue weighted by molar-refractivity contribution is 0.513. The van der Waals surface area contributed by atoms with Crippen LogP contribution in [0.15, 0.2) is 109 Å². The fourth-order valence-corrected chi connectivity index (χ4v) is 7.76. The molecule has 0 unspecified atom stereocenters. The zero-order chi connectivity index (χ0) is 20.9. The molecule has 0 nitrogen and oxygen atoms in total. The first-order valence-corrected chi connectivity index (χ1v) is 12.9. The second-order valence-electron chi connectivity index (χ2n) is 8.49. The maximum atomic E-state index is 2.40. The van der Waals surface area contributed by atoms with Gasteiger partial charge in [0.2, 0.25) is 0 Å². The smallest absolute Gasteiger partial charge is 0.0129 e. The van der Waals surface area contributed by atoms with E-state index in [0.717, 1.165) is 5.66 Å². The molecule has 0 heterocycles. The normalized spacial score (nSPS) is 14.6. The molecule has 0 bridgehead atoms. The Hall–Kier alpha value is -2.69. The van der Waals surface area contributed by atoms with Gasteiger partial charge < -0.3 is 0 Å². The van der Waals surface area contributed by atoms with Crippen LogP contribution in [0.1, 0.15) is 32.1 Å². The van der Waals surface area contributed by atoms with Gasteiger partial charge in [-0.3, -0.25) is 0 Å². The molecule has 1 saturated carbocycles. The van der Waals surface area contributed by atoms with Crippen LogP contribution in [-0.4, -0.2) is 5.66 Å². The van der Waals surface area contributed by atoms with E-state index in [1.54, 1.807) is 0 Å². The zero-order valence-electron chi connectivity index (χ0n) is 18.0. The summed E-state index contributed by atoms with van der Waals surface area (Å²) in [6.45, 7) is 0. The predicted octanol–water partition coefficient (Wildman–Crippen LogP) is 7.79. The van der Waals surface area contributed by atoms with Crippen molar-refractivity contribution in [3.8, 4) is 22.3 Å². The fourth-order valence-electron chi connectivity index (χ4n) is 4.80. The Morgan fingerprint density at radius 3 is 1.23 bits per heavy atom. The molecule has 1 heteroatoms. The molecule has 0 spiro atoms. The Morgan fingerprint density at radius 2 is 0.806 bits per heavy atom. The first-order valence-electron chi connectivity index (χ1n) is 11.5. The third-order valence-corrected chi connectivity index (χ3v) is 9.40. The third kappa shape index (κ3) is 4.65. The van der Waals surface area contributed by atoms with Crippen LogP contribution in [0, 0.1) is 0 Å². The molecule has 4 aromatic rings. The zero-order valence-corrected chi connectivity index (χ0v) is 18.8. The molecule has 0 aliphatic heterocycles. The Morgan fingerprint density at radius 1 is 0.419 bits per heavy atom. The Balaban J connectivity index is 1.47. The third-order valence-electron chi connectivity index (χ3n) is 6.45. The molecule has 0 N–H and O–H groups in total. The van der Waals surface area contributed by atoms with Gasteiger partial charge in [0, 0.05) is 0 Å². The molecule has 31 heavy (non-hydrogen) atoms. The first kappa shape index (κ1) is 20.2. The lowest BCUT2D eigenvalue weighted by Gasteiger charge is -2.31. The van der Waals surface area contributed by atoms with E-state index >= 15 is 0 Å². The van der Waals surface area contributed by atoms with Crippen molar-refractivity contribution in [2.45, 2.75) is 37.8 Å². The van der Waals surface area contributed by atoms with E-state index in [0.29, 0.717) is 0 Å². The van der Waals surface area contributed by atoms with Crippen molar-refractivity contribution in [3.05, 3.63) is 109 Å². The van der Waals surface area contributed by atoms with E-state index < -0.39 is 0 Å². The molecule has 154 valence electrons. The first-order chi connectivity index (χ1) is 15.4. The Bertz CT molecular complexity index is 994. The number of hydrogen-bond donors (Lipinski definition) is 0. The topological polar surface area (TPSA) is 0 Å². The summed E-state index contributed by atoms with van der Waals surface area (Å²) in [4.78, 5) is 0. The van der Waals surface area contributed by atoms with Gasteiger partial charge in [-0.25, -0.2) is 0 Å². The molecule has 4 aromatic carbocycles. The Kier molecular flexibility index (Phi) is 6.28. The van der Waals surface area contributed by atoms with Crippen LogP contribution >= 0.6 is 7.92 Å². The van der Waals surface area contributed by atoms with E-state index in [-0.39, 0.29) is 7.92 Å². The lowest BCUT2D eigenvalue weighted by atomic mass is 10.0. The van der Waals surface area contributed by atoms with E-state index in [4.69, 9.17) is 0 Å². The van der Waals surface area contributed by atoms with Crippen LogP contribution in [0.4, 0.5) is 0 Å². The predicted molar refractivity (Wildman–Crippen MR) is 137 cm³/mol. The molecule has 0 atom stereocenters. The number of benzene rings is 4. The van der Waals surface area contributed by atoms with Gasteiger partial charge in [0.15, 0.2) is 0 Å². The molecule has 0 saturated heterocycles. The monoisotopic (exact) mass is 420 g/mol. The van der Waals surface area contributed by atoms with Crippen molar-refractivity contribution in [1.29, 1.82) is 0 Å². The fraction of sp³-hybridized carbons (Fsp3) is 0.200. The summed E-state index contributed by atoms with van der Waals surface area (Å²) in [6, 6.07) is 40.3. The summed E-state index contributed by atoms with van der Waals surface area (Å²) in [5.74, 6) is 0. The van der Waals surface area contributed by atoms with E-state index in [9.17, 15) is 0 Å². The van der Waals surface area contributed by atoms with Gasteiger partial charge in [0.1, 0.15) is 0 Å². The van der Waals surface area contributed by atoms with Crippen molar-refractivity contribution in [2.75, 3.05) is 0 Å². The summed E-state index contributed by atoms with van der Waals surface area (Å²) >= 11 is 0. The van der Waals surface area contributed by atoms with Gasteiger partial charge in [0.05, 0.1) is 0 Å². The molecular formula is C30H29P. The average Bonchev–Trinajstić information content (AvgIpc) is 2.87. The van der Waals surface area contributed by atoms with Crippen LogP contribution in [0.25, 0.3) is 22.3 Å². The van der Waals surface area contributed by atoms with Gasteiger partial charge in [0.25, 0.3) is 0 Å². The number of hydrogen-bond acceptors (Lipinski definition) is 0. The maximum Gasteiger partial charge on any atom is -0.0129 e. The van der Waals surface area contributed by atoms with E-state index in [1.165, 1.54) is 65.0 Å². The van der Waals surface area contributed by atoms with Crippen molar-refractivity contribution < 1.29 is 0 Å². The SMILES string of the molecule is c1ccc(-c2ccc(P(c3ccc(-c4ccccc4)cc3)C3CCCCC3)cc2)cc1. The second kappa shape index (κ2) is 9.63. The summed E-state index contributed by atoms with van der Waals surface area (Å²) in [5.41, 5.74) is 6.00. The standard InChI is InChI=1S/C30H29P/c1-4-10-24(11-5-1)26-16-20-29(21-17-26)31(28-14-8-3-9-15-28)30-22-18-27(19-23-30)25-12-6-2-7-13-25/h1-2,4-7,10-13,16-23,28H,3,8-9,14-15H2. The van der Waals surface area contributed by atoms with Crippen LogP contribution in [0.5, 0.6) is 0 Å². The van der Waals surface area contributed by atoms with Gasteiger partial charge in [-0.1, -0.05) is 128 Å². The minimum absolute atomic E-state index is 0.332. The van der Waals surface area contributed by atoms with E-state index in [2.05, 4.69) is 109 Å². The molecular weight excluding hydrogens is 391 g/mol. The highest BCUT2D eigenvalue weighted by molar-refractivity contribution is 7.73. The van der Waals surface area contributed by atoms with Crippen LogP contribution in [-0.2, 0) is 0 Å². The molecule has 1 aliphatic carbocycles. The van der Waals surface area contributed by atoms with Crippen LogP contribution < -0.4 is 10.6 Å².